The number of thiophene rings is 1. The van der Waals surface area contributed by atoms with Gasteiger partial charge in [0.2, 0.25) is 5.95 Å². The first-order valence-corrected chi connectivity index (χ1v) is 15.6. The minimum Gasteiger partial charge on any atom is -0.278 e. The van der Waals surface area contributed by atoms with Gasteiger partial charge in [0.25, 0.3) is 0 Å². The summed E-state index contributed by atoms with van der Waals surface area (Å²) < 4.78 is 4.82. The van der Waals surface area contributed by atoms with Crippen molar-refractivity contribution in [1.29, 1.82) is 0 Å². The Labute approximate surface area is 258 Å². The van der Waals surface area contributed by atoms with Crippen LogP contribution in [0.15, 0.2) is 152 Å². The van der Waals surface area contributed by atoms with E-state index in [1.807, 2.05) is 23.6 Å². The summed E-state index contributed by atoms with van der Waals surface area (Å²) in [5, 5.41) is 5.08. The maximum absolute atomic E-state index is 5.12. The highest BCUT2D eigenvalue weighted by Gasteiger charge is 2.18. The lowest BCUT2D eigenvalue weighted by Gasteiger charge is -2.09. The molecule has 0 atom stereocenters. The van der Waals surface area contributed by atoms with Gasteiger partial charge < -0.3 is 0 Å². The summed E-state index contributed by atoms with van der Waals surface area (Å²) in [6.07, 6.45) is 1.87. The maximum atomic E-state index is 5.12. The molecule has 4 heteroatoms. The van der Waals surface area contributed by atoms with Crippen LogP contribution in [0.2, 0.25) is 0 Å². The Hall–Kier alpha value is -5.58. The van der Waals surface area contributed by atoms with E-state index in [-0.39, 0.29) is 0 Å². The predicted molar refractivity (Wildman–Crippen MR) is 186 cm³/mol. The van der Waals surface area contributed by atoms with Crippen LogP contribution in [0, 0.1) is 0 Å². The first kappa shape index (κ1) is 25.0. The summed E-state index contributed by atoms with van der Waals surface area (Å²) >= 11 is 1.86. The minimum atomic E-state index is 0.675. The van der Waals surface area contributed by atoms with Gasteiger partial charge in [0.05, 0.1) is 16.7 Å². The molecule has 0 saturated carbocycles. The summed E-state index contributed by atoms with van der Waals surface area (Å²) in [6, 6.07) is 51.6. The van der Waals surface area contributed by atoms with Crippen LogP contribution in [0.1, 0.15) is 0 Å². The SMILES string of the molecule is c1ccc(-c2cccc(-c3ccc(-c4ccnc(-n5c6ccccc6c6c7sc8ccccc8c7ccc65)n4)cc3)c2)cc1. The molecule has 44 heavy (non-hydrogen) atoms. The van der Waals surface area contributed by atoms with Crippen molar-refractivity contribution in [2.75, 3.05) is 0 Å². The molecule has 0 aliphatic carbocycles. The summed E-state index contributed by atoms with van der Waals surface area (Å²) in [6.45, 7) is 0. The van der Waals surface area contributed by atoms with Gasteiger partial charge in [0.15, 0.2) is 0 Å². The van der Waals surface area contributed by atoms with Gasteiger partial charge in [0, 0.05) is 42.7 Å². The third-order valence-electron chi connectivity index (χ3n) is 8.51. The summed E-state index contributed by atoms with van der Waals surface area (Å²) in [5.41, 5.74) is 8.99. The van der Waals surface area contributed by atoms with Crippen molar-refractivity contribution < 1.29 is 0 Å². The summed E-state index contributed by atoms with van der Waals surface area (Å²) in [4.78, 5) is 9.91. The fourth-order valence-electron chi connectivity index (χ4n) is 6.41. The van der Waals surface area contributed by atoms with Gasteiger partial charge in [-0.3, -0.25) is 4.57 Å². The molecule has 0 saturated heterocycles. The smallest absolute Gasteiger partial charge is 0.235 e. The number of aromatic nitrogens is 3. The number of nitrogens with zero attached hydrogens (tertiary/aromatic N) is 3. The van der Waals surface area contributed by atoms with Crippen molar-refractivity contribution in [3.63, 3.8) is 0 Å². The third-order valence-corrected chi connectivity index (χ3v) is 9.71. The molecule has 3 aromatic heterocycles. The molecule has 0 spiro atoms. The van der Waals surface area contributed by atoms with Gasteiger partial charge in [-0.25, -0.2) is 9.97 Å². The Kier molecular flexibility index (Phi) is 5.68. The molecule has 9 rings (SSSR count). The van der Waals surface area contributed by atoms with Crippen molar-refractivity contribution in [1.82, 2.24) is 14.5 Å². The van der Waals surface area contributed by atoms with Crippen LogP contribution in [0.5, 0.6) is 0 Å². The van der Waals surface area contributed by atoms with E-state index in [9.17, 15) is 0 Å². The number of hydrogen-bond donors (Lipinski definition) is 0. The monoisotopic (exact) mass is 579 g/mol. The van der Waals surface area contributed by atoms with E-state index in [4.69, 9.17) is 9.97 Å². The van der Waals surface area contributed by atoms with E-state index >= 15 is 0 Å². The minimum absolute atomic E-state index is 0.675. The van der Waals surface area contributed by atoms with E-state index < -0.39 is 0 Å². The molecule has 0 bridgehead atoms. The van der Waals surface area contributed by atoms with E-state index in [1.54, 1.807) is 0 Å². The second kappa shape index (κ2) is 10.0. The molecule has 6 aromatic carbocycles. The second-order valence-corrected chi connectivity index (χ2v) is 12.1. The zero-order valence-corrected chi connectivity index (χ0v) is 24.5. The highest BCUT2D eigenvalue weighted by molar-refractivity contribution is 7.26. The molecule has 3 heterocycles. The normalized spacial score (nSPS) is 11.6. The van der Waals surface area contributed by atoms with Crippen molar-refractivity contribution in [2.24, 2.45) is 0 Å². The summed E-state index contributed by atoms with van der Waals surface area (Å²) in [7, 11) is 0. The molecule has 0 aliphatic heterocycles. The molecule has 206 valence electrons. The Morgan fingerprint density at radius 1 is 0.477 bits per heavy atom. The molecular formula is C40H25N3S. The second-order valence-electron chi connectivity index (χ2n) is 11.1. The Morgan fingerprint density at radius 3 is 2.00 bits per heavy atom. The molecule has 0 N–H and O–H groups in total. The van der Waals surface area contributed by atoms with Crippen LogP contribution in [-0.4, -0.2) is 14.5 Å². The number of benzene rings is 6. The number of hydrogen-bond acceptors (Lipinski definition) is 3. The topological polar surface area (TPSA) is 30.7 Å². The molecule has 0 unspecified atom stereocenters. The first-order chi connectivity index (χ1) is 21.8. The van der Waals surface area contributed by atoms with Crippen molar-refractivity contribution >= 4 is 53.3 Å². The molecule has 9 aromatic rings. The van der Waals surface area contributed by atoms with Crippen LogP contribution >= 0.6 is 11.3 Å². The van der Waals surface area contributed by atoms with Crippen molar-refractivity contribution in [3.8, 4) is 39.5 Å². The van der Waals surface area contributed by atoms with E-state index in [0.717, 1.165) is 22.3 Å². The molecular weight excluding hydrogens is 555 g/mol. The molecule has 0 fully saturated rings. The lowest BCUT2D eigenvalue weighted by Crippen LogP contribution is -2.01. The summed E-state index contributed by atoms with van der Waals surface area (Å²) in [5.74, 6) is 0.675. The van der Waals surface area contributed by atoms with E-state index in [1.165, 1.54) is 53.2 Å². The zero-order chi connectivity index (χ0) is 29.0. The molecule has 0 radical (unpaired) electrons. The highest BCUT2D eigenvalue weighted by atomic mass is 32.1. The zero-order valence-electron chi connectivity index (χ0n) is 23.7. The maximum Gasteiger partial charge on any atom is 0.235 e. The van der Waals surface area contributed by atoms with Crippen LogP contribution in [-0.2, 0) is 0 Å². The Morgan fingerprint density at radius 2 is 1.16 bits per heavy atom. The van der Waals surface area contributed by atoms with Crippen LogP contribution in [0.25, 0.3) is 81.4 Å². The fourth-order valence-corrected chi connectivity index (χ4v) is 7.67. The van der Waals surface area contributed by atoms with Crippen LogP contribution in [0.3, 0.4) is 0 Å². The van der Waals surface area contributed by atoms with Crippen LogP contribution in [0.4, 0.5) is 0 Å². The Bertz CT molecular complexity index is 2490. The highest BCUT2D eigenvalue weighted by Crippen LogP contribution is 2.43. The predicted octanol–water partition coefficient (Wildman–Crippen LogP) is 10.9. The number of fused-ring (bicyclic) bond motifs is 7. The van der Waals surface area contributed by atoms with Gasteiger partial charge in [-0.1, -0.05) is 115 Å². The molecule has 0 aliphatic rings. The van der Waals surface area contributed by atoms with Gasteiger partial charge in [-0.15, -0.1) is 11.3 Å². The van der Waals surface area contributed by atoms with Crippen molar-refractivity contribution in [3.05, 3.63) is 152 Å². The molecule has 3 nitrogen and oxygen atoms in total. The van der Waals surface area contributed by atoms with Gasteiger partial charge >= 0.3 is 0 Å². The largest absolute Gasteiger partial charge is 0.278 e. The number of para-hydroxylation sites is 1. The van der Waals surface area contributed by atoms with E-state index in [2.05, 4.69) is 144 Å². The number of rotatable bonds is 4. The average Bonchev–Trinajstić information content (AvgIpc) is 3.65. The van der Waals surface area contributed by atoms with Gasteiger partial charge in [-0.2, -0.15) is 0 Å². The lowest BCUT2D eigenvalue weighted by atomic mass is 9.98. The third kappa shape index (κ3) is 3.96. The van der Waals surface area contributed by atoms with Crippen LogP contribution < -0.4 is 0 Å². The Balaban J connectivity index is 1.14. The molecule has 0 amide bonds. The van der Waals surface area contributed by atoms with E-state index in [0.29, 0.717) is 5.95 Å². The standard InChI is InChI=1S/C40H25N3S/c1-2-9-26(10-3-1)29-11-8-12-30(25-29)27-17-19-28(20-18-27)34-23-24-41-40(42-34)43-35-15-6-4-14-33(35)38-36(43)22-21-32-31-13-5-7-16-37(31)44-39(32)38/h1-25H. The quantitative estimate of drug-likeness (QED) is 0.208. The first-order valence-electron chi connectivity index (χ1n) is 14.7. The fraction of sp³-hybridized carbons (Fsp3) is 0. The lowest BCUT2D eigenvalue weighted by molar-refractivity contribution is 0.992. The van der Waals surface area contributed by atoms with Gasteiger partial charge in [-0.05, 0) is 52.6 Å². The average molecular weight is 580 g/mol. The van der Waals surface area contributed by atoms with Crippen molar-refractivity contribution in [2.45, 2.75) is 0 Å². The van der Waals surface area contributed by atoms with Gasteiger partial charge in [0.1, 0.15) is 0 Å².